The summed E-state index contributed by atoms with van der Waals surface area (Å²) in [5.74, 6) is 0. The highest BCUT2D eigenvalue weighted by atomic mass is 16.6. The maximum atomic E-state index is 10.4. The molecule has 0 aliphatic rings. The van der Waals surface area contributed by atoms with Crippen LogP contribution < -0.4 is 0 Å². The van der Waals surface area contributed by atoms with Crippen molar-refractivity contribution in [3.8, 4) is 0 Å². The first-order valence-corrected chi connectivity index (χ1v) is 3.70. The van der Waals surface area contributed by atoms with Crippen LogP contribution in [0.25, 0.3) is 0 Å². The Bertz CT molecular complexity index is 360. The molecule has 1 aromatic carbocycles. The monoisotopic (exact) mass is 179 g/mol. The lowest BCUT2D eigenvalue weighted by Crippen LogP contribution is -1.87. The smallest absolute Gasteiger partial charge is 0.258 e. The molecule has 1 rings (SSSR count). The zero-order chi connectivity index (χ0) is 9.84. The number of non-ortho nitro benzene ring substituents is 1. The summed E-state index contributed by atoms with van der Waals surface area (Å²) in [5.41, 5.74) is 1.49. The van der Waals surface area contributed by atoms with E-state index in [2.05, 4.69) is 10.2 Å². The summed E-state index contributed by atoms with van der Waals surface area (Å²) in [7, 11) is 1.56. The maximum absolute atomic E-state index is 10.4. The molecule has 0 saturated heterocycles. The van der Waals surface area contributed by atoms with Crippen LogP contribution in [-0.2, 0) is 0 Å². The first-order valence-electron chi connectivity index (χ1n) is 3.70. The molecule has 0 radical (unpaired) electrons. The van der Waals surface area contributed by atoms with Gasteiger partial charge in [0.1, 0.15) is 0 Å². The lowest BCUT2D eigenvalue weighted by atomic mass is 10.2. The van der Waals surface area contributed by atoms with Gasteiger partial charge >= 0.3 is 0 Å². The molecule has 0 aliphatic heterocycles. The summed E-state index contributed by atoms with van der Waals surface area (Å²) in [5, 5.41) is 17.8. The number of aryl methyl sites for hydroxylation is 1. The van der Waals surface area contributed by atoms with Gasteiger partial charge in [-0.1, -0.05) is 0 Å². The first kappa shape index (κ1) is 9.31. The van der Waals surface area contributed by atoms with Gasteiger partial charge in [0, 0.05) is 19.2 Å². The van der Waals surface area contributed by atoms with Crippen LogP contribution in [0.1, 0.15) is 5.56 Å². The van der Waals surface area contributed by atoms with Crippen molar-refractivity contribution in [2.24, 2.45) is 10.2 Å². The predicted octanol–water partition coefficient (Wildman–Crippen LogP) is 2.62. The molecule has 0 aliphatic carbocycles. The van der Waals surface area contributed by atoms with Crippen LogP contribution in [0, 0.1) is 17.0 Å². The van der Waals surface area contributed by atoms with E-state index >= 15 is 0 Å². The molecule has 0 bridgehead atoms. The molecule has 0 heterocycles. The molecule has 1 aromatic rings. The normalized spacial score (nSPS) is 10.6. The second-order valence-corrected chi connectivity index (χ2v) is 2.53. The third-order valence-electron chi connectivity index (χ3n) is 1.60. The zero-order valence-corrected chi connectivity index (χ0v) is 7.39. The van der Waals surface area contributed by atoms with Gasteiger partial charge in [0.15, 0.2) is 0 Å². The van der Waals surface area contributed by atoms with E-state index in [1.165, 1.54) is 12.1 Å². The first-order chi connectivity index (χ1) is 6.15. The number of azo groups is 1. The number of hydrogen-bond acceptors (Lipinski definition) is 4. The van der Waals surface area contributed by atoms with E-state index in [1.807, 2.05) is 0 Å². The Balaban J connectivity index is 3.12. The van der Waals surface area contributed by atoms with Crippen molar-refractivity contribution in [3.63, 3.8) is 0 Å². The van der Waals surface area contributed by atoms with Gasteiger partial charge < -0.3 is 0 Å². The summed E-state index contributed by atoms with van der Waals surface area (Å²) in [6.07, 6.45) is 0. The van der Waals surface area contributed by atoms with Gasteiger partial charge in [0.25, 0.3) is 5.69 Å². The van der Waals surface area contributed by atoms with Crippen LogP contribution >= 0.6 is 0 Å². The Morgan fingerprint density at radius 1 is 1.46 bits per heavy atom. The second kappa shape index (κ2) is 3.75. The van der Waals surface area contributed by atoms with Crippen molar-refractivity contribution in [2.45, 2.75) is 6.92 Å². The zero-order valence-electron chi connectivity index (χ0n) is 7.39. The molecule has 0 amide bonds. The van der Waals surface area contributed by atoms with E-state index in [0.717, 1.165) is 5.56 Å². The molecule has 5 heteroatoms. The van der Waals surface area contributed by atoms with Crippen molar-refractivity contribution in [1.29, 1.82) is 0 Å². The number of nitro groups is 1. The Kier molecular flexibility index (Phi) is 2.69. The highest BCUT2D eigenvalue weighted by Crippen LogP contribution is 2.23. The lowest BCUT2D eigenvalue weighted by Gasteiger charge is -1.97. The van der Waals surface area contributed by atoms with E-state index in [0.29, 0.717) is 5.69 Å². The van der Waals surface area contributed by atoms with E-state index < -0.39 is 4.92 Å². The molecule has 0 atom stereocenters. The van der Waals surface area contributed by atoms with Gasteiger partial charge in [0.2, 0.25) is 0 Å². The fourth-order valence-electron chi connectivity index (χ4n) is 0.973. The summed E-state index contributed by atoms with van der Waals surface area (Å²) < 4.78 is 0. The van der Waals surface area contributed by atoms with Crippen molar-refractivity contribution in [1.82, 2.24) is 0 Å². The van der Waals surface area contributed by atoms with Crippen LogP contribution in [0.3, 0.4) is 0 Å². The average molecular weight is 179 g/mol. The van der Waals surface area contributed by atoms with Gasteiger partial charge in [-0.05, 0) is 18.6 Å². The van der Waals surface area contributed by atoms with Crippen LogP contribution in [-0.4, -0.2) is 12.0 Å². The molecule has 0 spiro atoms. The quantitative estimate of drug-likeness (QED) is 0.397. The SMILES string of the molecule is CN=Nc1ccc([N+](=O)[O-])cc1C. The Morgan fingerprint density at radius 3 is 2.62 bits per heavy atom. The molecule has 13 heavy (non-hydrogen) atoms. The topological polar surface area (TPSA) is 67.9 Å². The van der Waals surface area contributed by atoms with Gasteiger partial charge in [-0.2, -0.15) is 10.2 Å². The van der Waals surface area contributed by atoms with Crippen LogP contribution in [0.4, 0.5) is 11.4 Å². The maximum Gasteiger partial charge on any atom is 0.269 e. The molecule has 0 unspecified atom stereocenters. The molecule has 0 N–H and O–H groups in total. The van der Waals surface area contributed by atoms with Gasteiger partial charge in [-0.3, -0.25) is 10.1 Å². The van der Waals surface area contributed by atoms with Crippen molar-refractivity contribution in [2.75, 3.05) is 7.05 Å². The Hall–Kier alpha value is -1.78. The Morgan fingerprint density at radius 2 is 2.15 bits per heavy atom. The van der Waals surface area contributed by atoms with E-state index in [1.54, 1.807) is 20.0 Å². The molecule has 68 valence electrons. The van der Waals surface area contributed by atoms with Crippen molar-refractivity contribution in [3.05, 3.63) is 33.9 Å². The summed E-state index contributed by atoms with van der Waals surface area (Å²) in [6, 6.07) is 4.47. The summed E-state index contributed by atoms with van der Waals surface area (Å²) >= 11 is 0. The third-order valence-corrected chi connectivity index (χ3v) is 1.60. The van der Waals surface area contributed by atoms with Crippen LogP contribution in [0.5, 0.6) is 0 Å². The summed E-state index contributed by atoms with van der Waals surface area (Å²) in [4.78, 5) is 9.94. The fourth-order valence-corrected chi connectivity index (χ4v) is 0.973. The molecule has 0 saturated carbocycles. The number of nitrogens with zero attached hydrogens (tertiary/aromatic N) is 3. The summed E-state index contributed by atoms with van der Waals surface area (Å²) in [6.45, 7) is 1.76. The number of benzene rings is 1. The average Bonchev–Trinajstić information content (AvgIpc) is 2.08. The minimum atomic E-state index is -0.431. The highest BCUT2D eigenvalue weighted by molar-refractivity contribution is 5.50. The number of hydrogen-bond donors (Lipinski definition) is 0. The standard InChI is InChI=1S/C8H9N3O2/c1-6-5-7(11(12)13)3-4-8(6)10-9-2/h3-5H,1-2H3. The molecular weight excluding hydrogens is 170 g/mol. The molecule has 0 aromatic heterocycles. The highest BCUT2D eigenvalue weighted by Gasteiger charge is 2.06. The number of nitro benzene ring substituents is 1. The van der Waals surface area contributed by atoms with E-state index in [9.17, 15) is 10.1 Å². The van der Waals surface area contributed by atoms with E-state index in [-0.39, 0.29) is 5.69 Å². The number of rotatable bonds is 2. The second-order valence-electron chi connectivity index (χ2n) is 2.53. The molecular formula is C8H9N3O2. The van der Waals surface area contributed by atoms with E-state index in [4.69, 9.17) is 0 Å². The minimum Gasteiger partial charge on any atom is -0.258 e. The van der Waals surface area contributed by atoms with Crippen molar-refractivity contribution < 1.29 is 4.92 Å². The predicted molar refractivity (Wildman–Crippen MR) is 48.3 cm³/mol. The Labute approximate surface area is 75.3 Å². The van der Waals surface area contributed by atoms with Crippen LogP contribution in [0.2, 0.25) is 0 Å². The minimum absolute atomic E-state index is 0.0764. The third kappa shape index (κ3) is 2.08. The van der Waals surface area contributed by atoms with Gasteiger partial charge in [-0.15, -0.1) is 0 Å². The van der Waals surface area contributed by atoms with Crippen molar-refractivity contribution >= 4 is 11.4 Å². The lowest BCUT2D eigenvalue weighted by molar-refractivity contribution is -0.384. The fraction of sp³-hybridized carbons (Fsp3) is 0.250. The van der Waals surface area contributed by atoms with Gasteiger partial charge in [-0.25, -0.2) is 0 Å². The van der Waals surface area contributed by atoms with Gasteiger partial charge in [0.05, 0.1) is 10.6 Å². The molecule has 5 nitrogen and oxygen atoms in total. The van der Waals surface area contributed by atoms with Crippen LogP contribution in [0.15, 0.2) is 28.4 Å². The molecule has 0 fully saturated rings. The largest absolute Gasteiger partial charge is 0.269 e.